The fourth-order valence-electron chi connectivity index (χ4n) is 2.25. The summed E-state index contributed by atoms with van der Waals surface area (Å²) in [4.78, 5) is 25.9. The average Bonchev–Trinajstić information content (AvgIpc) is 2.58. The third-order valence-electron chi connectivity index (χ3n) is 3.36. The molecule has 0 aliphatic carbocycles. The van der Waals surface area contributed by atoms with E-state index in [1.54, 1.807) is 18.0 Å². The number of aliphatic carboxylic acids is 1. The predicted octanol–water partition coefficient (Wildman–Crippen LogP) is 1.59. The van der Waals surface area contributed by atoms with E-state index in [1.807, 2.05) is 4.90 Å². The molecular formula is C15H17FN2O3. The second-order valence-electron chi connectivity index (χ2n) is 5.00. The van der Waals surface area contributed by atoms with Crippen LogP contribution >= 0.6 is 0 Å². The Morgan fingerprint density at radius 1 is 1.33 bits per heavy atom. The summed E-state index contributed by atoms with van der Waals surface area (Å²) in [5.74, 6) is -1.56. The minimum atomic E-state index is -1.09. The zero-order chi connectivity index (χ0) is 15.4. The predicted molar refractivity (Wildman–Crippen MR) is 77.5 cm³/mol. The maximum Gasteiger partial charge on any atom is 0.328 e. The number of carbonyl (C=O) groups is 2. The first-order valence-corrected chi connectivity index (χ1v) is 6.66. The molecule has 0 saturated carbocycles. The van der Waals surface area contributed by atoms with Crippen LogP contribution in [0.1, 0.15) is 12.0 Å². The van der Waals surface area contributed by atoms with E-state index in [1.165, 1.54) is 18.2 Å². The fourth-order valence-corrected chi connectivity index (χ4v) is 2.25. The lowest BCUT2D eigenvalue weighted by Crippen LogP contribution is -2.34. The number of hydrogen-bond acceptors (Lipinski definition) is 3. The lowest BCUT2D eigenvalue weighted by Gasteiger charge is -2.22. The van der Waals surface area contributed by atoms with Gasteiger partial charge >= 0.3 is 5.97 Å². The van der Waals surface area contributed by atoms with Gasteiger partial charge < -0.3 is 14.9 Å². The van der Waals surface area contributed by atoms with E-state index < -0.39 is 11.8 Å². The van der Waals surface area contributed by atoms with E-state index >= 15 is 0 Å². The van der Waals surface area contributed by atoms with Gasteiger partial charge in [0.05, 0.1) is 6.54 Å². The Kier molecular flexibility index (Phi) is 4.57. The molecule has 5 nitrogen and oxygen atoms in total. The lowest BCUT2D eigenvalue weighted by molar-refractivity contribution is -0.131. The van der Waals surface area contributed by atoms with Crippen molar-refractivity contribution in [2.75, 3.05) is 31.6 Å². The van der Waals surface area contributed by atoms with Crippen molar-refractivity contribution in [3.05, 3.63) is 35.7 Å². The molecule has 1 amide bonds. The normalized spacial score (nSPS) is 16.4. The average molecular weight is 292 g/mol. The standard InChI is InChI=1S/C15H17FN2O3/c1-17-5-2-6-18(10-14(17)19)13-8-11(3-4-15(20)21)7-12(16)9-13/h3-4,7-9H,2,5-6,10H2,1H3,(H,20,21)/b4-3+. The molecule has 1 aromatic carbocycles. The van der Waals surface area contributed by atoms with Crippen LogP contribution in [0.15, 0.2) is 24.3 Å². The van der Waals surface area contributed by atoms with Crippen LogP contribution in [-0.4, -0.2) is 48.6 Å². The van der Waals surface area contributed by atoms with E-state index in [4.69, 9.17) is 5.11 Å². The van der Waals surface area contributed by atoms with E-state index in [0.717, 1.165) is 12.5 Å². The zero-order valence-electron chi connectivity index (χ0n) is 11.8. The van der Waals surface area contributed by atoms with Crippen molar-refractivity contribution in [3.63, 3.8) is 0 Å². The number of carboxylic acids is 1. The molecule has 1 heterocycles. The van der Waals surface area contributed by atoms with E-state index in [9.17, 15) is 14.0 Å². The number of benzene rings is 1. The third kappa shape index (κ3) is 4.05. The number of anilines is 1. The molecule has 0 aromatic heterocycles. The minimum absolute atomic E-state index is 0.0145. The molecule has 1 N–H and O–H groups in total. The van der Waals surface area contributed by atoms with Crippen LogP contribution in [0, 0.1) is 5.82 Å². The van der Waals surface area contributed by atoms with Crippen molar-refractivity contribution in [1.29, 1.82) is 0 Å². The molecule has 112 valence electrons. The van der Waals surface area contributed by atoms with Gasteiger partial charge in [-0.3, -0.25) is 4.79 Å². The Balaban J connectivity index is 2.26. The Bertz CT molecular complexity index is 586. The minimum Gasteiger partial charge on any atom is -0.478 e. The van der Waals surface area contributed by atoms with Crippen LogP contribution in [0.2, 0.25) is 0 Å². The first kappa shape index (κ1) is 15.0. The van der Waals surface area contributed by atoms with Gasteiger partial charge in [0.15, 0.2) is 0 Å². The maximum atomic E-state index is 13.7. The molecule has 21 heavy (non-hydrogen) atoms. The summed E-state index contributed by atoms with van der Waals surface area (Å²) in [5.41, 5.74) is 1.04. The van der Waals surface area contributed by atoms with Gasteiger partial charge in [0.1, 0.15) is 5.82 Å². The Hall–Kier alpha value is -2.37. The van der Waals surface area contributed by atoms with Gasteiger partial charge in [0.2, 0.25) is 5.91 Å². The highest BCUT2D eigenvalue weighted by Crippen LogP contribution is 2.21. The second kappa shape index (κ2) is 6.39. The number of halogens is 1. The smallest absolute Gasteiger partial charge is 0.328 e. The summed E-state index contributed by atoms with van der Waals surface area (Å²) in [7, 11) is 1.75. The van der Waals surface area contributed by atoms with Crippen molar-refractivity contribution in [2.24, 2.45) is 0 Å². The molecule has 1 aromatic rings. The van der Waals surface area contributed by atoms with Crippen molar-refractivity contribution in [2.45, 2.75) is 6.42 Å². The highest BCUT2D eigenvalue weighted by Gasteiger charge is 2.19. The monoisotopic (exact) mass is 292 g/mol. The highest BCUT2D eigenvalue weighted by molar-refractivity contribution is 5.86. The molecule has 0 atom stereocenters. The largest absolute Gasteiger partial charge is 0.478 e. The molecular weight excluding hydrogens is 275 g/mol. The highest BCUT2D eigenvalue weighted by atomic mass is 19.1. The number of rotatable bonds is 3. The van der Waals surface area contributed by atoms with Crippen LogP contribution in [0.25, 0.3) is 6.08 Å². The summed E-state index contributed by atoms with van der Waals surface area (Å²) in [6.07, 6.45) is 3.10. The molecule has 1 saturated heterocycles. The first-order valence-electron chi connectivity index (χ1n) is 6.66. The fraction of sp³-hybridized carbons (Fsp3) is 0.333. The number of amides is 1. The van der Waals surface area contributed by atoms with Gasteiger partial charge in [0, 0.05) is 31.9 Å². The Morgan fingerprint density at radius 3 is 2.81 bits per heavy atom. The molecule has 0 spiro atoms. The summed E-state index contributed by atoms with van der Waals surface area (Å²) < 4.78 is 13.7. The molecule has 2 rings (SSSR count). The third-order valence-corrected chi connectivity index (χ3v) is 3.36. The quantitative estimate of drug-likeness (QED) is 0.860. The molecule has 0 unspecified atom stereocenters. The summed E-state index contributed by atoms with van der Waals surface area (Å²) in [6.45, 7) is 1.53. The van der Waals surface area contributed by atoms with Crippen LogP contribution in [0.4, 0.5) is 10.1 Å². The van der Waals surface area contributed by atoms with Crippen molar-refractivity contribution in [1.82, 2.24) is 4.90 Å². The maximum absolute atomic E-state index is 13.7. The number of likely N-dealkylation sites (N-methyl/N-ethyl adjacent to an activating group) is 1. The second-order valence-corrected chi connectivity index (χ2v) is 5.00. The first-order chi connectivity index (χ1) is 9.95. The van der Waals surface area contributed by atoms with E-state index in [0.29, 0.717) is 24.3 Å². The summed E-state index contributed by atoms with van der Waals surface area (Å²) >= 11 is 0. The SMILES string of the molecule is CN1CCCN(c2cc(F)cc(/C=C/C(=O)O)c2)CC1=O. The molecule has 6 heteroatoms. The Labute approximate surface area is 122 Å². The van der Waals surface area contributed by atoms with Gasteiger partial charge in [-0.25, -0.2) is 9.18 Å². The molecule has 1 fully saturated rings. The van der Waals surface area contributed by atoms with Crippen molar-refractivity contribution < 1.29 is 19.1 Å². The number of carbonyl (C=O) groups excluding carboxylic acids is 1. The molecule has 0 radical (unpaired) electrons. The molecule has 0 bridgehead atoms. The Morgan fingerprint density at radius 2 is 2.10 bits per heavy atom. The van der Waals surface area contributed by atoms with Gasteiger partial charge in [-0.1, -0.05) is 0 Å². The van der Waals surface area contributed by atoms with Crippen molar-refractivity contribution >= 4 is 23.6 Å². The summed E-state index contributed by atoms with van der Waals surface area (Å²) in [5, 5.41) is 8.62. The van der Waals surface area contributed by atoms with Crippen LogP contribution in [-0.2, 0) is 9.59 Å². The number of hydrogen-bond donors (Lipinski definition) is 1. The number of nitrogens with zero attached hydrogens (tertiary/aromatic N) is 2. The van der Waals surface area contributed by atoms with E-state index in [2.05, 4.69) is 0 Å². The van der Waals surface area contributed by atoms with Gasteiger partial charge in [-0.15, -0.1) is 0 Å². The van der Waals surface area contributed by atoms with Crippen molar-refractivity contribution in [3.8, 4) is 0 Å². The van der Waals surface area contributed by atoms with Gasteiger partial charge in [-0.2, -0.15) is 0 Å². The van der Waals surface area contributed by atoms with Gasteiger partial charge in [0.25, 0.3) is 0 Å². The molecule has 1 aliphatic rings. The van der Waals surface area contributed by atoms with E-state index in [-0.39, 0.29) is 12.5 Å². The molecule has 1 aliphatic heterocycles. The number of carboxylic acid groups (broad SMARTS) is 1. The van der Waals surface area contributed by atoms with Crippen LogP contribution in [0.3, 0.4) is 0 Å². The van der Waals surface area contributed by atoms with Crippen LogP contribution in [0.5, 0.6) is 0 Å². The topological polar surface area (TPSA) is 60.9 Å². The van der Waals surface area contributed by atoms with Crippen LogP contribution < -0.4 is 4.90 Å². The summed E-state index contributed by atoms with van der Waals surface area (Å²) in [6, 6.07) is 4.30. The van der Waals surface area contributed by atoms with Gasteiger partial charge in [-0.05, 0) is 36.3 Å². The zero-order valence-corrected chi connectivity index (χ0v) is 11.8. The lowest BCUT2D eigenvalue weighted by atomic mass is 10.1.